The van der Waals surface area contributed by atoms with Crippen molar-refractivity contribution in [3.8, 4) is 0 Å². The minimum atomic E-state index is 0.833. The summed E-state index contributed by atoms with van der Waals surface area (Å²) in [5, 5.41) is 3.39. The standard InChI is InChI=1S/C19H28N6/c1-4-24(5-2)17-8-6-16(7-9-17)22-18-14-19(21-15-20-18)25-12-10-23(3)11-13-25/h6-9,14-15H,4-5,10-13H2,1-3H3,(H,20,21,22). The Labute approximate surface area is 150 Å². The van der Waals surface area contributed by atoms with Crippen LogP contribution in [0.1, 0.15) is 13.8 Å². The molecule has 25 heavy (non-hydrogen) atoms. The van der Waals surface area contributed by atoms with Crippen LogP contribution in [-0.2, 0) is 0 Å². The summed E-state index contributed by atoms with van der Waals surface area (Å²) in [6.45, 7) is 10.5. The zero-order valence-corrected chi connectivity index (χ0v) is 15.4. The molecule has 0 radical (unpaired) electrons. The van der Waals surface area contributed by atoms with Gasteiger partial charge in [0.05, 0.1) is 0 Å². The van der Waals surface area contributed by atoms with Gasteiger partial charge in [0.1, 0.15) is 18.0 Å². The Morgan fingerprint density at radius 1 is 1.00 bits per heavy atom. The molecule has 0 aliphatic carbocycles. The van der Waals surface area contributed by atoms with E-state index in [-0.39, 0.29) is 0 Å². The predicted molar refractivity (Wildman–Crippen MR) is 105 cm³/mol. The number of benzene rings is 1. The number of rotatable bonds is 6. The van der Waals surface area contributed by atoms with Crippen LogP contribution in [0.4, 0.5) is 23.0 Å². The fraction of sp³-hybridized carbons (Fsp3) is 0.474. The van der Waals surface area contributed by atoms with Gasteiger partial charge < -0.3 is 20.0 Å². The molecule has 0 atom stereocenters. The van der Waals surface area contributed by atoms with Crippen LogP contribution < -0.4 is 15.1 Å². The second-order valence-electron chi connectivity index (χ2n) is 6.40. The molecule has 1 aromatic carbocycles. The molecular weight excluding hydrogens is 312 g/mol. The molecule has 2 heterocycles. The Morgan fingerprint density at radius 2 is 1.68 bits per heavy atom. The van der Waals surface area contributed by atoms with E-state index < -0.39 is 0 Å². The van der Waals surface area contributed by atoms with E-state index >= 15 is 0 Å². The van der Waals surface area contributed by atoms with Crippen molar-refractivity contribution in [3.63, 3.8) is 0 Å². The molecule has 1 aromatic heterocycles. The second-order valence-corrected chi connectivity index (χ2v) is 6.40. The maximum absolute atomic E-state index is 4.44. The van der Waals surface area contributed by atoms with Crippen LogP contribution >= 0.6 is 0 Å². The fourth-order valence-corrected chi connectivity index (χ4v) is 3.12. The van der Waals surface area contributed by atoms with Crippen molar-refractivity contribution in [1.29, 1.82) is 0 Å². The molecule has 1 fully saturated rings. The summed E-state index contributed by atoms with van der Waals surface area (Å²) in [5.41, 5.74) is 2.29. The molecular formula is C19H28N6. The maximum Gasteiger partial charge on any atom is 0.135 e. The summed E-state index contributed by atoms with van der Waals surface area (Å²) < 4.78 is 0. The molecule has 1 saturated heterocycles. The van der Waals surface area contributed by atoms with Gasteiger partial charge >= 0.3 is 0 Å². The highest BCUT2D eigenvalue weighted by atomic mass is 15.3. The molecule has 134 valence electrons. The van der Waals surface area contributed by atoms with Crippen molar-refractivity contribution >= 4 is 23.0 Å². The Balaban J connectivity index is 1.67. The minimum Gasteiger partial charge on any atom is -0.372 e. The van der Waals surface area contributed by atoms with Crippen LogP contribution in [0.3, 0.4) is 0 Å². The van der Waals surface area contributed by atoms with Gasteiger partial charge in [-0.1, -0.05) is 0 Å². The number of anilines is 4. The molecule has 6 nitrogen and oxygen atoms in total. The average Bonchev–Trinajstić information content (AvgIpc) is 2.65. The summed E-state index contributed by atoms with van der Waals surface area (Å²) in [4.78, 5) is 15.8. The lowest BCUT2D eigenvalue weighted by Gasteiger charge is -2.33. The third kappa shape index (κ3) is 4.39. The first-order valence-electron chi connectivity index (χ1n) is 9.07. The average molecular weight is 340 g/mol. The third-order valence-corrected chi connectivity index (χ3v) is 4.75. The number of likely N-dealkylation sites (N-methyl/N-ethyl adjacent to an activating group) is 1. The molecule has 0 saturated carbocycles. The normalized spacial score (nSPS) is 15.2. The quantitative estimate of drug-likeness (QED) is 0.872. The summed E-state index contributed by atoms with van der Waals surface area (Å²) in [5.74, 6) is 1.82. The first-order valence-corrected chi connectivity index (χ1v) is 9.07. The van der Waals surface area contributed by atoms with Crippen LogP contribution in [0.15, 0.2) is 36.7 Å². The molecule has 1 N–H and O–H groups in total. The van der Waals surface area contributed by atoms with E-state index in [1.165, 1.54) is 5.69 Å². The van der Waals surface area contributed by atoms with Crippen LogP contribution in [0.25, 0.3) is 0 Å². The number of nitrogens with one attached hydrogen (secondary N) is 1. The van der Waals surface area contributed by atoms with E-state index in [4.69, 9.17) is 0 Å². The van der Waals surface area contributed by atoms with Gasteiger partial charge in [0.25, 0.3) is 0 Å². The Morgan fingerprint density at radius 3 is 2.32 bits per heavy atom. The highest BCUT2D eigenvalue weighted by Gasteiger charge is 2.15. The highest BCUT2D eigenvalue weighted by Crippen LogP contribution is 2.22. The van der Waals surface area contributed by atoms with Crippen molar-refractivity contribution in [1.82, 2.24) is 14.9 Å². The van der Waals surface area contributed by atoms with Gasteiger partial charge in [-0.25, -0.2) is 9.97 Å². The maximum atomic E-state index is 4.44. The number of nitrogens with zero attached hydrogens (tertiary/aromatic N) is 5. The van der Waals surface area contributed by atoms with Crippen LogP contribution in [0.5, 0.6) is 0 Å². The van der Waals surface area contributed by atoms with Gasteiger partial charge in [-0.2, -0.15) is 0 Å². The highest BCUT2D eigenvalue weighted by molar-refractivity contribution is 5.62. The van der Waals surface area contributed by atoms with Crippen molar-refractivity contribution in [2.45, 2.75) is 13.8 Å². The molecule has 2 aromatic rings. The van der Waals surface area contributed by atoms with E-state index in [2.05, 4.69) is 75.1 Å². The van der Waals surface area contributed by atoms with Gasteiger partial charge in [0, 0.05) is 56.7 Å². The lowest BCUT2D eigenvalue weighted by atomic mass is 10.2. The zero-order chi connectivity index (χ0) is 17.6. The molecule has 0 unspecified atom stereocenters. The number of aromatic nitrogens is 2. The largest absolute Gasteiger partial charge is 0.372 e. The van der Waals surface area contributed by atoms with Crippen LogP contribution in [0, 0.1) is 0 Å². The lowest BCUT2D eigenvalue weighted by Crippen LogP contribution is -2.44. The molecule has 1 aliphatic heterocycles. The van der Waals surface area contributed by atoms with E-state index in [0.717, 1.165) is 56.6 Å². The molecule has 0 spiro atoms. The van der Waals surface area contributed by atoms with Gasteiger partial charge in [0.15, 0.2) is 0 Å². The van der Waals surface area contributed by atoms with Crippen LogP contribution in [-0.4, -0.2) is 61.2 Å². The minimum absolute atomic E-state index is 0.833. The van der Waals surface area contributed by atoms with Crippen molar-refractivity contribution in [2.24, 2.45) is 0 Å². The Hall–Kier alpha value is -2.34. The molecule has 6 heteroatoms. The number of hydrogen-bond donors (Lipinski definition) is 1. The lowest BCUT2D eigenvalue weighted by molar-refractivity contribution is 0.312. The van der Waals surface area contributed by atoms with E-state index in [9.17, 15) is 0 Å². The second kappa shape index (κ2) is 8.16. The summed E-state index contributed by atoms with van der Waals surface area (Å²) in [7, 11) is 2.16. The smallest absolute Gasteiger partial charge is 0.135 e. The first kappa shape index (κ1) is 17.5. The summed E-state index contributed by atoms with van der Waals surface area (Å²) in [6, 6.07) is 10.5. The number of hydrogen-bond acceptors (Lipinski definition) is 6. The first-order chi connectivity index (χ1) is 12.2. The van der Waals surface area contributed by atoms with E-state index in [1.54, 1.807) is 6.33 Å². The molecule has 0 amide bonds. The van der Waals surface area contributed by atoms with Gasteiger partial charge in [-0.05, 0) is 45.2 Å². The Bertz CT molecular complexity index is 660. The summed E-state index contributed by atoms with van der Waals surface area (Å²) in [6.07, 6.45) is 1.64. The number of piperazine rings is 1. The van der Waals surface area contributed by atoms with Gasteiger partial charge in [0.2, 0.25) is 0 Å². The summed E-state index contributed by atoms with van der Waals surface area (Å²) >= 11 is 0. The zero-order valence-electron chi connectivity index (χ0n) is 15.4. The van der Waals surface area contributed by atoms with Gasteiger partial charge in [-0.15, -0.1) is 0 Å². The molecule has 0 bridgehead atoms. The van der Waals surface area contributed by atoms with E-state index in [1.807, 2.05) is 6.07 Å². The third-order valence-electron chi connectivity index (χ3n) is 4.75. The molecule has 1 aliphatic rings. The van der Waals surface area contributed by atoms with Crippen molar-refractivity contribution in [3.05, 3.63) is 36.7 Å². The fourth-order valence-electron chi connectivity index (χ4n) is 3.12. The SMILES string of the molecule is CCN(CC)c1ccc(Nc2cc(N3CCN(C)CC3)ncn2)cc1. The van der Waals surface area contributed by atoms with E-state index in [0.29, 0.717) is 0 Å². The monoisotopic (exact) mass is 340 g/mol. The van der Waals surface area contributed by atoms with Crippen molar-refractivity contribution in [2.75, 3.05) is 61.4 Å². The topological polar surface area (TPSA) is 47.5 Å². The molecule has 3 rings (SSSR count). The predicted octanol–water partition coefficient (Wildman–Crippen LogP) is 2.82. The van der Waals surface area contributed by atoms with Gasteiger partial charge in [-0.3, -0.25) is 0 Å². The van der Waals surface area contributed by atoms with Crippen LogP contribution in [0.2, 0.25) is 0 Å². The Kier molecular flexibility index (Phi) is 5.71. The van der Waals surface area contributed by atoms with Crippen molar-refractivity contribution < 1.29 is 0 Å².